The molecule has 168 valence electrons. The lowest BCUT2D eigenvalue weighted by atomic mass is 10.0. The zero-order valence-electron chi connectivity index (χ0n) is 19.2. The molecule has 5 heteroatoms. The van der Waals surface area contributed by atoms with E-state index in [1.54, 1.807) is 28.6 Å². The molecule has 0 aliphatic carbocycles. The summed E-state index contributed by atoms with van der Waals surface area (Å²) in [5.74, 6) is 0.0183. The fourth-order valence-electron chi connectivity index (χ4n) is 4.13. The summed E-state index contributed by atoms with van der Waals surface area (Å²) in [6, 6.07) is 26.6. The van der Waals surface area contributed by atoms with Gasteiger partial charge in [-0.1, -0.05) is 78.1 Å². The normalized spacial score (nSPS) is 11.0. The van der Waals surface area contributed by atoms with Crippen LogP contribution in [-0.4, -0.2) is 15.9 Å². The van der Waals surface area contributed by atoms with E-state index in [9.17, 15) is 4.79 Å². The maximum absolute atomic E-state index is 13.6. The first-order valence-electron chi connectivity index (χ1n) is 11.3. The number of hydrogen-bond donors (Lipinski definition) is 0. The van der Waals surface area contributed by atoms with Crippen molar-refractivity contribution in [1.29, 1.82) is 0 Å². The van der Waals surface area contributed by atoms with Crippen molar-refractivity contribution in [2.75, 3.05) is 4.90 Å². The Morgan fingerprint density at radius 3 is 2.38 bits per heavy atom. The second kappa shape index (κ2) is 9.57. The first-order valence-corrected chi connectivity index (χ1v) is 12.1. The van der Waals surface area contributed by atoms with Gasteiger partial charge in [0.05, 0.1) is 23.2 Å². The number of pyridine rings is 1. The van der Waals surface area contributed by atoms with Gasteiger partial charge in [-0.2, -0.15) is 0 Å². The SMILES string of the molecule is Cc1cc(C)c2nc(N(Cc3cccnc3)C(=O)Cc3ccc(-c4ccccc4)cc3)sc2c1. The molecule has 0 atom stereocenters. The molecule has 0 bridgehead atoms. The molecule has 3 aromatic carbocycles. The Balaban J connectivity index is 1.44. The van der Waals surface area contributed by atoms with Crippen LogP contribution in [0, 0.1) is 13.8 Å². The van der Waals surface area contributed by atoms with Crippen LogP contribution in [0.25, 0.3) is 21.3 Å². The molecule has 2 heterocycles. The largest absolute Gasteiger partial charge is 0.283 e. The zero-order valence-corrected chi connectivity index (χ0v) is 20.0. The van der Waals surface area contributed by atoms with Gasteiger partial charge in [-0.05, 0) is 59.4 Å². The Bertz CT molecular complexity index is 1430. The molecule has 1 amide bonds. The summed E-state index contributed by atoms with van der Waals surface area (Å²) in [6.45, 7) is 4.59. The summed E-state index contributed by atoms with van der Waals surface area (Å²) < 4.78 is 1.10. The monoisotopic (exact) mass is 463 g/mol. The van der Waals surface area contributed by atoms with Crippen LogP contribution in [-0.2, 0) is 17.8 Å². The van der Waals surface area contributed by atoms with Crippen LogP contribution in [0.1, 0.15) is 22.3 Å². The second-order valence-corrected chi connectivity index (χ2v) is 9.51. The molecule has 0 radical (unpaired) electrons. The number of aryl methyl sites for hydroxylation is 2. The Labute approximate surface area is 203 Å². The summed E-state index contributed by atoms with van der Waals surface area (Å²) >= 11 is 1.57. The fraction of sp³-hybridized carbons (Fsp3) is 0.138. The first kappa shape index (κ1) is 22.0. The van der Waals surface area contributed by atoms with Crippen molar-refractivity contribution in [2.24, 2.45) is 0 Å². The van der Waals surface area contributed by atoms with Gasteiger partial charge < -0.3 is 0 Å². The summed E-state index contributed by atoms with van der Waals surface area (Å²) in [4.78, 5) is 24.5. The highest BCUT2D eigenvalue weighted by Gasteiger charge is 2.21. The molecule has 0 N–H and O–H groups in total. The Kier molecular flexibility index (Phi) is 6.19. The third-order valence-corrected chi connectivity index (χ3v) is 6.86. The summed E-state index contributed by atoms with van der Waals surface area (Å²) in [5, 5.41) is 0.721. The number of thiazole rings is 1. The molecule has 0 spiro atoms. The number of carbonyl (C=O) groups excluding carboxylic acids is 1. The summed E-state index contributed by atoms with van der Waals surface area (Å²) in [6.07, 6.45) is 3.86. The predicted octanol–water partition coefficient (Wildman–Crippen LogP) is 6.75. The first-order chi connectivity index (χ1) is 16.6. The van der Waals surface area contributed by atoms with Crippen molar-refractivity contribution in [3.63, 3.8) is 0 Å². The summed E-state index contributed by atoms with van der Waals surface area (Å²) in [5.41, 5.74) is 7.55. The molecular formula is C29H25N3OS. The molecule has 0 aliphatic heterocycles. The van der Waals surface area contributed by atoms with Gasteiger partial charge in [0.25, 0.3) is 0 Å². The van der Waals surface area contributed by atoms with E-state index in [1.807, 2.05) is 42.5 Å². The average Bonchev–Trinajstić information content (AvgIpc) is 3.28. The number of benzene rings is 3. The minimum absolute atomic E-state index is 0.0183. The quantitative estimate of drug-likeness (QED) is 0.280. The third kappa shape index (κ3) is 4.75. The smallest absolute Gasteiger partial charge is 0.233 e. The number of hydrogen-bond acceptors (Lipinski definition) is 4. The van der Waals surface area contributed by atoms with Crippen LogP contribution >= 0.6 is 11.3 Å². The van der Waals surface area contributed by atoms with Crippen LogP contribution in [0.5, 0.6) is 0 Å². The Hall–Kier alpha value is -3.83. The molecule has 2 aromatic heterocycles. The highest BCUT2D eigenvalue weighted by atomic mass is 32.1. The second-order valence-electron chi connectivity index (χ2n) is 8.51. The highest BCUT2D eigenvalue weighted by Crippen LogP contribution is 2.33. The standard InChI is InChI=1S/C29H25N3OS/c1-20-15-21(2)28-26(16-20)34-29(31-28)32(19-23-7-6-14-30-18-23)27(33)17-22-10-12-25(13-11-22)24-8-4-3-5-9-24/h3-16,18H,17,19H2,1-2H3. The minimum Gasteiger partial charge on any atom is -0.283 e. The Morgan fingerprint density at radius 1 is 0.882 bits per heavy atom. The van der Waals surface area contributed by atoms with E-state index in [0.29, 0.717) is 13.0 Å². The van der Waals surface area contributed by atoms with Crippen LogP contribution < -0.4 is 4.90 Å². The maximum Gasteiger partial charge on any atom is 0.233 e. The van der Waals surface area contributed by atoms with Gasteiger partial charge in [0.15, 0.2) is 5.13 Å². The van der Waals surface area contributed by atoms with Crippen molar-refractivity contribution in [1.82, 2.24) is 9.97 Å². The van der Waals surface area contributed by atoms with Gasteiger partial charge in [-0.3, -0.25) is 14.7 Å². The molecule has 5 aromatic rings. The van der Waals surface area contributed by atoms with Crippen LogP contribution in [0.4, 0.5) is 5.13 Å². The third-order valence-electron chi connectivity index (χ3n) is 5.83. The van der Waals surface area contributed by atoms with E-state index in [0.717, 1.165) is 37.6 Å². The van der Waals surface area contributed by atoms with Crippen molar-refractivity contribution in [3.05, 3.63) is 114 Å². The number of amides is 1. The molecule has 0 fully saturated rings. The zero-order chi connectivity index (χ0) is 23.5. The van der Waals surface area contributed by atoms with Gasteiger partial charge in [-0.15, -0.1) is 0 Å². The van der Waals surface area contributed by atoms with Gasteiger partial charge in [0.2, 0.25) is 5.91 Å². The van der Waals surface area contributed by atoms with E-state index in [2.05, 4.69) is 55.2 Å². The molecule has 0 saturated heterocycles. The van der Waals surface area contributed by atoms with Crippen LogP contribution in [0.3, 0.4) is 0 Å². The minimum atomic E-state index is 0.0183. The van der Waals surface area contributed by atoms with Crippen LogP contribution in [0.2, 0.25) is 0 Å². The van der Waals surface area contributed by atoms with E-state index in [1.165, 1.54) is 11.1 Å². The fourth-order valence-corrected chi connectivity index (χ4v) is 5.29. The van der Waals surface area contributed by atoms with E-state index < -0.39 is 0 Å². The van der Waals surface area contributed by atoms with Gasteiger partial charge in [0, 0.05) is 12.4 Å². The van der Waals surface area contributed by atoms with Crippen molar-refractivity contribution < 1.29 is 4.79 Å². The molecule has 34 heavy (non-hydrogen) atoms. The molecule has 5 rings (SSSR count). The van der Waals surface area contributed by atoms with Crippen molar-refractivity contribution in [2.45, 2.75) is 26.8 Å². The van der Waals surface area contributed by atoms with E-state index in [-0.39, 0.29) is 5.91 Å². The number of fused-ring (bicyclic) bond motifs is 1. The van der Waals surface area contributed by atoms with Crippen LogP contribution in [0.15, 0.2) is 91.3 Å². The molecular weight excluding hydrogens is 438 g/mol. The summed E-state index contributed by atoms with van der Waals surface area (Å²) in [7, 11) is 0. The lowest BCUT2D eigenvalue weighted by molar-refractivity contribution is -0.118. The number of carbonyl (C=O) groups is 1. The van der Waals surface area contributed by atoms with Crippen molar-refractivity contribution in [3.8, 4) is 11.1 Å². The topological polar surface area (TPSA) is 46.1 Å². The van der Waals surface area contributed by atoms with Crippen molar-refractivity contribution >= 4 is 32.6 Å². The molecule has 0 saturated carbocycles. The van der Waals surface area contributed by atoms with Gasteiger partial charge in [0.1, 0.15) is 0 Å². The average molecular weight is 464 g/mol. The van der Waals surface area contributed by atoms with Gasteiger partial charge >= 0.3 is 0 Å². The van der Waals surface area contributed by atoms with E-state index >= 15 is 0 Å². The number of anilines is 1. The molecule has 0 aliphatic rings. The number of aromatic nitrogens is 2. The molecule has 4 nitrogen and oxygen atoms in total. The number of nitrogens with zero attached hydrogens (tertiary/aromatic N) is 3. The van der Waals surface area contributed by atoms with Gasteiger partial charge in [-0.25, -0.2) is 4.98 Å². The Morgan fingerprint density at radius 2 is 1.65 bits per heavy atom. The predicted molar refractivity (Wildman–Crippen MR) is 140 cm³/mol. The lowest BCUT2D eigenvalue weighted by Gasteiger charge is -2.20. The lowest BCUT2D eigenvalue weighted by Crippen LogP contribution is -2.31. The maximum atomic E-state index is 13.6. The number of rotatable bonds is 6. The highest BCUT2D eigenvalue weighted by molar-refractivity contribution is 7.22. The molecule has 0 unspecified atom stereocenters. The van der Waals surface area contributed by atoms with E-state index in [4.69, 9.17) is 4.98 Å².